The van der Waals surface area contributed by atoms with E-state index in [1.54, 1.807) is 59.8 Å². The maximum Gasteiger partial charge on any atom is 0.282 e. The quantitative estimate of drug-likeness (QED) is 0.501. The molecule has 2 aromatic carbocycles. The van der Waals surface area contributed by atoms with Crippen LogP contribution in [-0.2, 0) is 21.2 Å². The van der Waals surface area contributed by atoms with E-state index in [4.69, 9.17) is 11.6 Å². The van der Waals surface area contributed by atoms with Crippen molar-refractivity contribution in [2.75, 3.05) is 26.0 Å². The van der Waals surface area contributed by atoms with Gasteiger partial charge in [0.1, 0.15) is 0 Å². The summed E-state index contributed by atoms with van der Waals surface area (Å²) in [5.74, 6) is -0.304. The summed E-state index contributed by atoms with van der Waals surface area (Å²) in [5.41, 5.74) is 2.24. The van der Waals surface area contributed by atoms with Crippen LogP contribution in [0.25, 0.3) is 11.1 Å². The van der Waals surface area contributed by atoms with E-state index in [1.165, 1.54) is 12.3 Å². The number of carbonyl (C=O) groups excluding carboxylic acids is 1. The summed E-state index contributed by atoms with van der Waals surface area (Å²) in [6.45, 7) is 0.382. The Bertz CT molecular complexity index is 1190. The second-order valence-electron chi connectivity index (χ2n) is 7.15. The molecule has 3 aromatic rings. The molecular weight excluding hydrogens is 436 g/mol. The van der Waals surface area contributed by atoms with Gasteiger partial charge in [-0.15, -0.1) is 0 Å². The summed E-state index contributed by atoms with van der Waals surface area (Å²) in [7, 11) is -0.343. The predicted molar refractivity (Wildman–Crippen MR) is 124 cm³/mol. The van der Waals surface area contributed by atoms with E-state index in [9.17, 15) is 13.2 Å². The Labute approximate surface area is 186 Å². The molecule has 0 saturated heterocycles. The van der Waals surface area contributed by atoms with Gasteiger partial charge in [0.05, 0.1) is 11.3 Å². The fourth-order valence-corrected chi connectivity index (χ4v) is 4.23. The summed E-state index contributed by atoms with van der Waals surface area (Å²) in [6.07, 6.45) is 4.83. The van der Waals surface area contributed by atoms with Gasteiger partial charge in [0, 0.05) is 47.0 Å². The second-order valence-corrected chi connectivity index (χ2v) is 9.16. The average Bonchev–Trinajstić information content (AvgIpc) is 3.24. The molecule has 0 fully saturated rings. The predicted octanol–water partition coefficient (Wildman–Crippen LogP) is 3.84. The highest BCUT2D eigenvalue weighted by molar-refractivity contribution is 7.90. The van der Waals surface area contributed by atoms with Gasteiger partial charge in [0.25, 0.3) is 10.0 Å². The van der Waals surface area contributed by atoms with Crippen molar-refractivity contribution in [3.63, 3.8) is 0 Å². The van der Waals surface area contributed by atoms with Gasteiger partial charge < -0.3 is 15.2 Å². The maximum absolute atomic E-state index is 12.9. The lowest BCUT2D eigenvalue weighted by Crippen LogP contribution is -2.16. The first kappa shape index (κ1) is 22.7. The summed E-state index contributed by atoms with van der Waals surface area (Å²) in [5, 5.41) is 3.25. The SMILES string of the molecule is CN(C)CC=NS(=O)(=O)c1cc(NC(=O)Cc2ccccc2Cl)ccc1-c1cc[nH]c1. The van der Waals surface area contributed by atoms with Crippen molar-refractivity contribution in [1.82, 2.24) is 9.88 Å². The fraction of sp³-hybridized carbons (Fsp3) is 0.182. The van der Waals surface area contributed by atoms with Crippen LogP contribution in [0, 0.1) is 0 Å². The van der Waals surface area contributed by atoms with Crippen LogP contribution in [0.3, 0.4) is 0 Å². The molecule has 0 aliphatic carbocycles. The Morgan fingerprint density at radius 2 is 1.97 bits per heavy atom. The van der Waals surface area contributed by atoms with Crippen LogP contribution >= 0.6 is 11.6 Å². The third-order valence-corrected chi connectivity index (χ3v) is 6.11. The molecule has 0 atom stereocenters. The van der Waals surface area contributed by atoms with Crippen molar-refractivity contribution >= 4 is 39.4 Å². The van der Waals surface area contributed by atoms with Crippen LogP contribution in [0.2, 0.25) is 5.02 Å². The van der Waals surface area contributed by atoms with Gasteiger partial charge >= 0.3 is 0 Å². The van der Waals surface area contributed by atoms with Gasteiger partial charge in [0.2, 0.25) is 5.91 Å². The second kappa shape index (κ2) is 9.91. The lowest BCUT2D eigenvalue weighted by atomic mass is 10.1. The molecule has 0 aliphatic rings. The molecule has 1 aromatic heterocycles. The number of amides is 1. The summed E-state index contributed by atoms with van der Waals surface area (Å²) in [4.78, 5) is 17.2. The normalized spacial score (nSPS) is 11.9. The number of nitrogens with zero attached hydrogens (tertiary/aromatic N) is 2. The lowest BCUT2D eigenvalue weighted by molar-refractivity contribution is -0.115. The zero-order valence-corrected chi connectivity index (χ0v) is 18.7. The number of nitrogens with one attached hydrogen (secondary N) is 2. The molecule has 1 amide bonds. The van der Waals surface area contributed by atoms with E-state index in [0.29, 0.717) is 33.9 Å². The number of sulfonamides is 1. The van der Waals surface area contributed by atoms with Crippen LogP contribution in [0.1, 0.15) is 5.56 Å². The molecule has 31 heavy (non-hydrogen) atoms. The first-order valence-electron chi connectivity index (χ1n) is 9.50. The van der Waals surface area contributed by atoms with Crippen molar-refractivity contribution in [3.8, 4) is 11.1 Å². The van der Waals surface area contributed by atoms with Crippen molar-refractivity contribution in [1.29, 1.82) is 0 Å². The van der Waals surface area contributed by atoms with Crippen LogP contribution < -0.4 is 5.32 Å². The molecule has 0 unspecified atom stereocenters. The number of H-pyrrole nitrogens is 1. The molecular formula is C22H23ClN4O3S. The summed E-state index contributed by atoms with van der Waals surface area (Å²) in [6, 6.07) is 13.6. The van der Waals surface area contributed by atoms with Gasteiger partial charge in [-0.1, -0.05) is 35.9 Å². The Kier molecular flexibility index (Phi) is 7.27. The van der Waals surface area contributed by atoms with E-state index < -0.39 is 10.0 Å². The zero-order valence-electron chi connectivity index (χ0n) is 17.2. The number of hydrogen-bond acceptors (Lipinski definition) is 4. The van der Waals surface area contributed by atoms with Crippen molar-refractivity contribution in [2.24, 2.45) is 4.40 Å². The first-order chi connectivity index (χ1) is 14.8. The highest BCUT2D eigenvalue weighted by atomic mass is 35.5. The van der Waals surface area contributed by atoms with E-state index in [1.807, 2.05) is 14.1 Å². The molecule has 7 nitrogen and oxygen atoms in total. The summed E-state index contributed by atoms with van der Waals surface area (Å²) >= 11 is 6.12. The Balaban J connectivity index is 1.91. The molecule has 0 bridgehead atoms. The molecule has 2 N–H and O–H groups in total. The molecule has 0 saturated carbocycles. The number of anilines is 1. The fourth-order valence-electron chi connectivity index (χ4n) is 2.91. The molecule has 3 rings (SSSR count). The number of halogens is 1. The molecule has 162 valence electrons. The third-order valence-electron chi connectivity index (χ3n) is 4.42. The van der Waals surface area contributed by atoms with Gasteiger partial charge in [-0.05, 0) is 43.9 Å². The zero-order chi connectivity index (χ0) is 22.4. The van der Waals surface area contributed by atoms with Crippen LogP contribution in [0.5, 0.6) is 0 Å². The molecule has 1 heterocycles. The number of aromatic nitrogens is 1. The van der Waals surface area contributed by atoms with E-state index in [2.05, 4.69) is 14.7 Å². The topological polar surface area (TPSA) is 94.6 Å². The number of rotatable bonds is 8. The monoisotopic (exact) mass is 458 g/mol. The third kappa shape index (κ3) is 6.04. The molecule has 0 radical (unpaired) electrons. The summed E-state index contributed by atoms with van der Waals surface area (Å²) < 4.78 is 29.7. The average molecular weight is 459 g/mol. The Hall–Kier alpha value is -2.94. The minimum Gasteiger partial charge on any atom is -0.367 e. The van der Waals surface area contributed by atoms with E-state index in [-0.39, 0.29) is 17.2 Å². The minimum absolute atomic E-state index is 0.0117. The Morgan fingerprint density at radius 1 is 1.19 bits per heavy atom. The lowest BCUT2D eigenvalue weighted by Gasteiger charge is -2.11. The van der Waals surface area contributed by atoms with Crippen LogP contribution in [-0.4, -0.2) is 51.1 Å². The van der Waals surface area contributed by atoms with Crippen LogP contribution in [0.15, 0.2) is 70.2 Å². The molecule has 0 spiro atoms. The smallest absolute Gasteiger partial charge is 0.282 e. The van der Waals surface area contributed by atoms with Gasteiger partial charge in [-0.25, -0.2) is 0 Å². The molecule has 9 heteroatoms. The standard InChI is InChI=1S/C22H23ClN4O3S/c1-27(2)12-11-25-31(29,30)21-14-18(7-8-19(21)17-9-10-24-15-17)26-22(28)13-16-5-3-4-6-20(16)23/h3-11,14-15,24H,12-13H2,1-2H3,(H,26,28). The molecule has 0 aliphatic heterocycles. The van der Waals surface area contributed by atoms with Crippen molar-refractivity contribution in [3.05, 3.63) is 71.5 Å². The maximum atomic E-state index is 12.9. The van der Waals surface area contributed by atoms with Crippen molar-refractivity contribution < 1.29 is 13.2 Å². The minimum atomic E-state index is -3.98. The van der Waals surface area contributed by atoms with Gasteiger partial charge in [-0.2, -0.15) is 12.8 Å². The number of benzene rings is 2. The highest BCUT2D eigenvalue weighted by Crippen LogP contribution is 2.31. The van der Waals surface area contributed by atoms with Crippen LogP contribution in [0.4, 0.5) is 5.69 Å². The first-order valence-corrected chi connectivity index (χ1v) is 11.3. The largest absolute Gasteiger partial charge is 0.367 e. The Morgan fingerprint density at radius 3 is 2.65 bits per heavy atom. The highest BCUT2D eigenvalue weighted by Gasteiger charge is 2.20. The van der Waals surface area contributed by atoms with Gasteiger partial charge in [0.15, 0.2) is 0 Å². The van der Waals surface area contributed by atoms with E-state index >= 15 is 0 Å². The number of aromatic amines is 1. The van der Waals surface area contributed by atoms with Gasteiger partial charge in [-0.3, -0.25) is 4.79 Å². The number of hydrogen-bond donors (Lipinski definition) is 2. The van der Waals surface area contributed by atoms with E-state index in [0.717, 1.165) is 0 Å². The van der Waals surface area contributed by atoms with Crippen molar-refractivity contribution in [2.45, 2.75) is 11.3 Å². The number of carbonyl (C=O) groups is 1.